The van der Waals surface area contributed by atoms with Crippen molar-refractivity contribution >= 4 is 0 Å². The number of rotatable bonds is 5. The van der Waals surface area contributed by atoms with Gasteiger partial charge in [-0.05, 0) is 47.8 Å². The van der Waals surface area contributed by atoms with E-state index in [0.29, 0.717) is 11.3 Å². The van der Waals surface area contributed by atoms with Gasteiger partial charge in [0.15, 0.2) is 0 Å². The molecule has 1 aliphatic heterocycles. The maximum atomic E-state index is 6.01. The van der Waals surface area contributed by atoms with Crippen LogP contribution in [0.1, 0.15) is 63.1 Å². The van der Waals surface area contributed by atoms with Gasteiger partial charge >= 0.3 is 0 Å². The van der Waals surface area contributed by atoms with Gasteiger partial charge in [-0.1, -0.05) is 38.8 Å². The highest BCUT2D eigenvalue weighted by Crippen LogP contribution is 2.51. The van der Waals surface area contributed by atoms with Crippen LogP contribution >= 0.6 is 0 Å². The molecule has 1 aromatic rings. The van der Waals surface area contributed by atoms with E-state index < -0.39 is 0 Å². The van der Waals surface area contributed by atoms with Crippen LogP contribution in [0.4, 0.5) is 0 Å². The lowest BCUT2D eigenvalue weighted by molar-refractivity contribution is 0.156. The van der Waals surface area contributed by atoms with Crippen molar-refractivity contribution in [1.29, 1.82) is 0 Å². The number of hydrogen-bond donors (Lipinski definition) is 2. The maximum absolute atomic E-state index is 6.01. The van der Waals surface area contributed by atoms with E-state index >= 15 is 0 Å². The van der Waals surface area contributed by atoms with Gasteiger partial charge < -0.3 is 4.74 Å². The Hall–Kier alpha value is -1.06. The summed E-state index contributed by atoms with van der Waals surface area (Å²) in [5, 5.41) is 0. The highest BCUT2D eigenvalue weighted by molar-refractivity contribution is 5.41. The van der Waals surface area contributed by atoms with Crippen LogP contribution in [-0.4, -0.2) is 6.61 Å². The predicted octanol–water partition coefficient (Wildman–Crippen LogP) is 3.73. The fourth-order valence-corrected chi connectivity index (χ4v) is 4.52. The number of fused-ring (bicyclic) bond motifs is 1. The van der Waals surface area contributed by atoms with Gasteiger partial charge in [0.2, 0.25) is 0 Å². The Kier molecular flexibility index (Phi) is 4.23. The zero-order valence-electron chi connectivity index (χ0n) is 13.3. The number of nitrogens with one attached hydrogen (secondary N) is 1. The van der Waals surface area contributed by atoms with Gasteiger partial charge in [-0.25, -0.2) is 0 Å². The molecule has 0 aromatic heterocycles. The summed E-state index contributed by atoms with van der Waals surface area (Å²) < 4.78 is 5.63. The van der Waals surface area contributed by atoms with E-state index in [2.05, 4.69) is 37.5 Å². The fourth-order valence-electron chi connectivity index (χ4n) is 4.52. The predicted molar refractivity (Wildman–Crippen MR) is 86.1 cm³/mol. The molecule has 1 aliphatic carbocycles. The first-order chi connectivity index (χ1) is 10.1. The summed E-state index contributed by atoms with van der Waals surface area (Å²) >= 11 is 0. The lowest BCUT2D eigenvalue weighted by atomic mass is 9.70. The highest BCUT2D eigenvalue weighted by atomic mass is 16.5. The van der Waals surface area contributed by atoms with Gasteiger partial charge in [0.25, 0.3) is 0 Å². The van der Waals surface area contributed by atoms with Crippen molar-refractivity contribution in [2.75, 3.05) is 6.61 Å². The first-order valence-corrected chi connectivity index (χ1v) is 8.36. The van der Waals surface area contributed by atoms with E-state index in [0.717, 1.165) is 18.8 Å². The van der Waals surface area contributed by atoms with Crippen LogP contribution in [0, 0.1) is 11.3 Å². The van der Waals surface area contributed by atoms with Crippen molar-refractivity contribution in [3.63, 3.8) is 0 Å². The number of ether oxygens (including phenoxy) is 1. The minimum atomic E-state index is 0.258. The minimum absolute atomic E-state index is 0.258. The molecule has 1 aromatic carbocycles. The minimum Gasteiger partial charge on any atom is -0.493 e. The summed E-state index contributed by atoms with van der Waals surface area (Å²) in [5.74, 6) is 7.77. The van der Waals surface area contributed by atoms with Crippen LogP contribution in [0.3, 0.4) is 0 Å². The molecule has 1 unspecified atom stereocenters. The summed E-state index contributed by atoms with van der Waals surface area (Å²) in [6.45, 7) is 5.46. The van der Waals surface area contributed by atoms with Crippen LogP contribution < -0.4 is 16.0 Å². The molecule has 0 spiro atoms. The number of nitrogens with two attached hydrogens (primary N) is 1. The first kappa shape index (κ1) is 14.9. The number of hydrazine groups is 1. The number of hydrogen-bond acceptors (Lipinski definition) is 3. The molecule has 3 rings (SSSR count). The lowest BCUT2D eigenvalue weighted by Crippen LogP contribution is -2.41. The zero-order chi connectivity index (χ0) is 14.9. The Bertz CT molecular complexity index is 492. The van der Waals surface area contributed by atoms with Crippen LogP contribution in [0.25, 0.3) is 0 Å². The molecule has 0 amide bonds. The van der Waals surface area contributed by atoms with Crippen molar-refractivity contribution in [3.05, 3.63) is 29.3 Å². The Morgan fingerprint density at radius 3 is 2.71 bits per heavy atom. The molecule has 1 atom stereocenters. The first-order valence-electron chi connectivity index (χ1n) is 8.36. The van der Waals surface area contributed by atoms with E-state index in [9.17, 15) is 0 Å². The van der Waals surface area contributed by atoms with E-state index in [1.165, 1.54) is 43.2 Å². The Labute approximate surface area is 128 Å². The second-order valence-electron chi connectivity index (χ2n) is 7.23. The molecule has 1 saturated carbocycles. The molecule has 0 bridgehead atoms. The smallest absolute Gasteiger partial charge is 0.122 e. The SMILES string of the molecule is CC(C)CC1(C(NN)c2ccc3c(c2)CCO3)CCCC1. The summed E-state index contributed by atoms with van der Waals surface area (Å²) in [6, 6.07) is 6.90. The second kappa shape index (κ2) is 5.98. The Balaban J connectivity index is 1.92. The highest BCUT2D eigenvalue weighted by Gasteiger charge is 2.42. The third-order valence-electron chi connectivity index (χ3n) is 5.24. The summed E-state index contributed by atoms with van der Waals surface area (Å²) in [6.07, 6.45) is 7.51. The standard InChI is InChI=1S/C18H28N2O/c1-13(2)12-18(8-3-4-9-18)17(20-19)15-5-6-16-14(11-15)7-10-21-16/h5-6,11,13,17,20H,3-4,7-10,12,19H2,1-2H3. The van der Waals surface area contributed by atoms with Crippen molar-refractivity contribution in [1.82, 2.24) is 5.43 Å². The second-order valence-corrected chi connectivity index (χ2v) is 7.23. The zero-order valence-corrected chi connectivity index (χ0v) is 13.3. The molecule has 0 radical (unpaired) electrons. The molecular formula is C18H28N2O. The van der Waals surface area contributed by atoms with Crippen molar-refractivity contribution < 1.29 is 4.74 Å². The van der Waals surface area contributed by atoms with Gasteiger partial charge in [-0.3, -0.25) is 11.3 Å². The van der Waals surface area contributed by atoms with Gasteiger partial charge in [0.1, 0.15) is 5.75 Å². The van der Waals surface area contributed by atoms with Crippen LogP contribution in [0.5, 0.6) is 5.75 Å². The molecule has 21 heavy (non-hydrogen) atoms. The topological polar surface area (TPSA) is 47.3 Å². The molecule has 3 heteroatoms. The maximum Gasteiger partial charge on any atom is 0.122 e. The quantitative estimate of drug-likeness (QED) is 0.641. The summed E-state index contributed by atoms with van der Waals surface area (Å²) in [4.78, 5) is 0. The monoisotopic (exact) mass is 288 g/mol. The van der Waals surface area contributed by atoms with Crippen LogP contribution in [0.15, 0.2) is 18.2 Å². The van der Waals surface area contributed by atoms with E-state index in [1.807, 2.05) is 0 Å². The van der Waals surface area contributed by atoms with E-state index in [1.54, 1.807) is 0 Å². The van der Waals surface area contributed by atoms with Crippen LogP contribution in [0.2, 0.25) is 0 Å². The molecule has 3 nitrogen and oxygen atoms in total. The van der Waals surface area contributed by atoms with Crippen LogP contribution in [-0.2, 0) is 6.42 Å². The molecule has 3 N–H and O–H groups in total. The van der Waals surface area contributed by atoms with Crippen molar-refractivity contribution in [2.24, 2.45) is 17.2 Å². The fraction of sp³-hybridized carbons (Fsp3) is 0.667. The molecule has 0 saturated heterocycles. The van der Waals surface area contributed by atoms with E-state index in [-0.39, 0.29) is 6.04 Å². The summed E-state index contributed by atoms with van der Waals surface area (Å²) in [7, 11) is 0. The molecule has 1 fully saturated rings. The average molecular weight is 288 g/mol. The van der Waals surface area contributed by atoms with Crippen molar-refractivity contribution in [2.45, 2.75) is 58.4 Å². The van der Waals surface area contributed by atoms with Gasteiger partial charge in [-0.15, -0.1) is 0 Å². The average Bonchev–Trinajstić information content (AvgIpc) is 3.08. The van der Waals surface area contributed by atoms with Gasteiger partial charge in [0.05, 0.1) is 12.6 Å². The molecule has 2 aliphatic rings. The molecule has 116 valence electrons. The molecule has 1 heterocycles. The van der Waals surface area contributed by atoms with Gasteiger partial charge in [0, 0.05) is 6.42 Å². The molecular weight excluding hydrogens is 260 g/mol. The van der Waals surface area contributed by atoms with Gasteiger partial charge in [-0.2, -0.15) is 0 Å². The third kappa shape index (κ3) is 2.82. The number of benzene rings is 1. The van der Waals surface area contributed by atoms with E-state index in [4.69, 9.17) is 10.6 Å². The normalized spacial score (nSPS) is 21.3. The Morgan fingerprint density at radius 2 is 2.05 bits per heavy atom. The largest absolute Gasteiger partial charge is 0.493 e. The Morgan fingerprint density at radius 1 is 1.29 bits per heavy atom. The lowest BCUT2D eigenvalue weighted by Gasteiger charge is -2.39. The van der Waals surface area contributed by atoms with Crippen molar-refractivity contribution in [3.8, 4) is 5.75 Å². The third-order valence-corrected chi connectivity index (χ3v) is 5.24. The summed E-state index contributed by atoms with van der Waals surface area (Å²) in [5.41, 5.74) is 6.15.